The highest BCUT2D eigenvalue weighted by molar-refractivity contribution is 5.93. The van der Waals surface area contributed by atoms with Gasteiger partial charge in [-0.2, -0.15) is 10.4 Å². The highest BCUT2D eigenvalue weighted by atomic mass is 16.5. The summed E-state index contributed by atoms with van der Waals surface area (Å²) in [6.07, 6.45) is 3.39. The second-order valence-corrected chi connectivity index (χ2v) is 4.19. The average Bonchev–Trinajstić information content (AvgIpc) is 2.84. The molecule has 1 aromatic carbocycles. The highest BCUT2D eigenvalue weighted by Gasteiger charge is 2.07. The number of rotatable bonds is 5. The van der Waals surface area contributed by atoms with Crippen LogP contribution in [0, 0.1) is 11.3 Å². The number of hydrogen-bond donors (Lipinski definition) is 1. The maximum absolute atomic E-state index is 11.4. The first kappa shape index (κ1) is 13.6. The van der Waals surface area contributed by atoms with Crippen molar-refractivity contribution in [2.75, 3.05) is 5.32 Å². The van der Waals surface area contributed by atoms with Crippen molar-refractivity contribution in [3.8, 4) is 11.8 Å². The number of ether oxygens (including phenoxy) is 1. The first-order chi connectivity index (χ1) is 9.69. The zero-order chi connectivity index (χ0) is 14.4. The molecule has 20 heavy (non-hydrogen) atoms. The molecular weight excluding hydrogens is 256 g/mol. The zero-order valence-corrected chi connectivity index (χ0v) is 11.0. The van der Waals surface area contributed by atoms with Crippen LogP contribution in [0.3, 0.4) is 0 Å². The molecule has 0 fully saturated rings. The molecule has 0 saturated heterocycles. The first-order valence-electron chi connectivity index (χ1n) is 6.05. The number of benzene rings is 1. The van der Waals surface area contributed by atoms with Crippen molar-refractivity contribution in [1.82, 2.24) is 9.78 Å². The maximum Gasteiger partial charge on any atom is 0.238 e. The van der Waals surface area contributed by atoms with Gasteiger partial charge in [0.1, 0.15) is 18.8 Å². The summed E-state index contributed by atoms with van der Waals surface area (Å²) in [5, 5.41) is 15.2. The van der Waals surface area contributed by atoms with Gasteiger partial charge in [-0.25, -0.2) is 0 Å². The number of carbonyl (C=O) groups excluding carboxylic acids is 1. The molecule has 0 aliphatic carbocycles. The lowest BCUT2D eigenvalue weighted by atomic mass is 10.2. The molecule has 0 unspecified atom stereocenters. The Labute approximate surface area is 116 Å². The van der Waals surface area contributed by atoms with Crippen molar-refractivity contribution in [3.63, 3.8) is 0 Å². The SMILES string of the molecule is Cn1cc(COc2ccccc2NC(=O)CC#N)cn1. The summed E-state index contributed by atoms with van der Waals surface area (Å²) in [7, 11) is 1.83. The Bertz CT molecular complexity index is 643. The lowest BCUT2D eigenvalue weighted by Crippen LogP contribution is -2.11. The van der Waals surface area contributed by atoms with Crippen molar-refractivity contribution in [2.24, 2.45) is 7.05 Å². The van der Waals surface area contributed by atoms with Gasteiger partial charge in [0.25, 0.3) is 0 Å². The summed E-state index contributed by atoms with van der Waals surface area (Å²) in [6, 6.07) is 8.90. The summed E-state index contributed by atoms with van der Waals surface area (Å²) in [5.41, 5.74) is 1.49. The fourth-order valence-electron chi connectivity index (χ4n) is 1.67. The number of nitrogens with zero attached hydrogens (tertiary/aromatic N) is 3. The monoisotopic (exact) mass is 270 g/mol. The van der Waals surface area contributed by atoms with E-state index in [1.165, 1.54) is 0 Å². The molecule has 2 aromatic rings. The fourth-order valence-corrected chi connectivity index (χ4v) is 1.67. The van der Waals surface area contributed by atoms with E-state index in [4.69, 9.17) is 10.00 Å². The maximum atomic E-state index is 11.4. The Morgan fingerprint density at radius 1 is 1.50 bits per heavy atom. The molecular formula is C14H14N4O2. The minimum atomic E-state index is -0.357. The van der Waals surface area contributed by atoms with Gasteiger partial charge in [0.05, 0.1) is 18.0 Å². The van der Waals surface area contributed by atoms with Crippen molar-refractivity contribution in [3.05, 3.63) is 42.2 Å². The number of hydrogen-bond acceptors (Lipinski definition) is 4. The van der Waals surface area contributed by atoms with Crippen LogP contribution in [0.15, 0.2) is 36.7 Å². The number of anilines is 1. The molecule has 102 valence electrons. The molecule has 1 amide bonds. The third-order valence-corrected chi connectivity index (χ3v) is 2.55. The molecule has 0 spiro atoms. The molecule has 0 saturated carbocycles. The number of nitriles is 1. The molecule has 1 N–H and O–H groups in total. The minimum absolute atomic E-state index is 0.184. The van der Waals surface area contributed by atoms with Crippen LogP contribution in [-0.4, -0.2) is 15.7 Å². The van der Waals surface area contributed by atoms with E-state index in [9.17, 15) is 4.79 Å². The molecule has 0 aliphatic rings. The summed E-state index contributed by atoms with van der Waals surface area (Å²) in [6.45, 7) is 0.360. The lowest BCUT2D eigenvalue weighted by Gasteiger charge is -2.11. The van der Waals surface area contributed by atoms with Crippen LogP contribution in [0.2, 0.25) is 0 Å². The Morgan fingerprint density at radius 2 is 2.30 bits per heavy atom. The van der Waals surface area contributed by atoms with Crippen LogP contribution in [-0.2, 0) is 18.4 Å². The van der Waals surface area contributed by atoms with Crippen LogP contribution < -0.4 is 10.1 Å². The van der Waals surface area contributed by atoms with E-state index in [-0.39, 0.29) is 12.3 Å². The van der Waals surface area contributed by atoms with Gasteiger partial charge < -0.3 is 10.1 Å². The number of carbonyl (C=O) groups is 1. The van der Waals surface area contributed by atoms with Crippen LogP contribution in [0.4, 0.5) is 5.69 Å². The number of aromatic nitrogens is 2. The predicted octanol–water partition coefficient (Wildman–Crippen LogP) is 1.85. The van der Waals surface area contributed by atoms with Crippen LogP contribution in [0.25, 0.3) is 0 Å². The Balaban J connectivity index is 2.04. The third-order valence-electron chi connectivity index (χ3n) is 2.55. The molecule has 6 nitrogen and oxygen atoms in total. The summed E-state index contributed by atoms with van der Waals surface area (Å²) in [4.78, 5) is 11.4. The van der Waals surface area contributed by atoms with E-state index in [0.29, 0.717) is 18.0 Å². The predicted molar refractivity (Wildman–Crippen MR) is 72.8 cm³/mol. The van der Waals surface area contributed by atoms with Crippen molar-refractivity contribution in [2.45, 2.75) is 13.0 Å². The minimum Gasteiger partial charge on any atom is -0.487 e. The van der Waals surface area contributed by atoms with E-state index >= 15 is 0 Å². The number of para-hydroxylation sites is 2. The van der Waals surface area contributed by atoms with E-state index in [1.54, 1.807) is 35.1 Å². The smallest absolute Gasteiger partial charge is 0.238 e. The van der Waals surface area contributed by atoms with Gasteiger partial charge in [-0.05, 0) is 12.1 Å². The van der Waals surface area contributed by atoms with Gasteiger partial charge >= 0.3 is 0 Å². The van der Waals surface area contributed by atoms with Gasteiger partial charge in [-0.15, -0.1) is 0 Å². The largest absolute Gasteiger partial charge is 0.487 e. The van der Waals surface area contributed by atoms with Crippen molar-refractivity contribution < 1.29 is 9.53 Å². The number of nitrogens with one attached hydrogen (secondary N) is 1. The molecule has 0 aliphatic heterocycles. The first-order valence-corrected chi connectivity index (χ1v) is 6.05. The van der Waals surface area contributed by atoms with E-state index in [1.807, 2.05) is 19.3 Å². The van der Waals surface area contributed by atoms with Gasteiger partial charge in [0.15, 0.2) is 0 Å². The van der Waals surface area contributed by atoms with Gasteiger partial charge in [-0.1, -0.05) is 12.1 Å². The quantitative estimate of drug-likeness (QED) is 0.899. The van der Waals surface area contributed by atoms with E-state index in [0.717, 1.165) is 5.56 Å². The molecule has 2 rings (SSSR count). The summed E-state index contributed by atoms with van der Waals surface area (Å²) >= 11 is 0. The zero-order valence-electron chi connectivity index (χ0n) is 11.0. The normalized spacial score (nSPS) is 9.80. The molecule has 0 bridgehead atoms. The Hall–Kier alpha value is -2.81. The van der Waals surface area contributed by atoms with Gasteiger partial charge in [0, 0.05) is 18.8 Å². The summed E-state index contributed by atoms with van der Waals surface area (Å²) in [5.74, 6) is 0.201. The number of aryl methyl sites for hydroxylation is 1. The summed E-state index contributed by atoms with van der Waals surface area (Å²) < 4.78 is 7.36. The fraction of sp³-hybridized carbons (Fsp3) is 0.214. The van der Waals surface area contributed by atoms with E-state index < -0.39 is 0 Å². The molecule has 1 heterocycles. The van der Waals surface area contributed by atoms with Crippen LogP contribution >= 0.6 is 0 Å². The Morgan fingerprint density at radius 3 is 3.00 bits per heavy atom. The topological polar surface area (TPSA) is 79.9 Å². The Kier molecular flexibility index (Phi) is 4.35. The molecule has 6 heteroatoms. The standard InChI is InChI=1S/C14H14N4O2/c1-18-9-11(8-16-18)10-20-13-5-3-2-4-12(13)17-14(19)6-7-15/h2-5,8-9H,6,10H2,1H3,(H,17,19). The second kappa shape index (κ2) is 6.38. The lowest BCUT2D eigenvalue weighted by molar-refractivity contribution is -0.115. The van der Waals surface area contributed by atoms with Crippen LogP contribution in [0.5, 0.6) is 5.75 Å². The molecule has 1 aromatic heterocycles. The molecule has 0 radical (unpaired) electrons. The van der Waals surface area contributed by atoms with Gasteiger partial charge in [-0.3, -0.25) is 9.48 Å². The van der Waals surface area contributed by atoms with Crippen LogP contribution in [0.1, 0.15) is 12.0 Å². The van der Waals surface area contributed by atoms with Gasteiger partial charge in [0.2, 0.25) is 5.91 Å². The number of amides is 1. The highest BCUT2D eigenvalue weighted by Crippen LogP contribution is 2.24. The second-order valence-electron chi connectivity index (χ2n) is 4.19. The van der Waals surface area contributed by atoms with Crippen molar-refractivity contribution >= 4 is 11.6 Å². The molecule has 0 atom stereocenters. The van der Waals surface area contributed by atoms with E-state index in [2.05, 4.69) is 10.4 Å². The average molecular weight is 270 g/mol. The van der Waals surface area contributed by atoms with Crippen molar-refractivity contribution in [1.29, 1.82) is 5.26 Å². The third kappa shape index (κ3) is 3.59.